The first-order valence-corrected chi connectivity index (χ1v) is 13.0. The first kappa shape index (κ1) is 28.5. The number of ether oxygens (including phenoxy) is 3. The molecule has 3 atom stereocenters. The number of ketones is 1. The summed E-state index contributed by atoms with van der Waals surface area (Å²) in [7, 11) is 1.47. The lowest BCUT2D eigenvalue weighted by Gasteiger charge is -2.26. The number of benzene rings is 2. The van der Waals surface area contributed by atoms with E-state index < -0.39 is 17.2 Å². The number of methoxy groups -OCH3 is 1. The molecule has 9 heteroatoms. The van der Waals surface area contributed by atoms with Gasteiger partial charge in [-0.2, -0.15) is 0 Å². The van der Waals surface area contributed by atoms with Crippen LogP contribution >= 0.6 is 0 Å². The van der Waals surface area contributed by atoms with E-state index in [0.29, 0.717) is 46.2 Å². The van der Waals surface area contributed by atoms with E-state index >= 15 is 0 Å². The molecule has 4 N–H and O–H groups in total. The van der Waals surface area contributed by atoms with Crippen LogP contribution in [0.25, 0.3) is 11.3 Å². The molecule has 0 spiro atoms. The van der Waals surface area contributed by atoms with E-state index in [1.165, 1.54) is 19.2 Å². The lowest BCUT2D eigenvalue weighted by Crippen LogP contribution is -2.37. The lowest BCUT2D eigenvalue weighted by molar-refractivity contribution is 0.0396. The third kappa shape index (κ3) is 6.06. The highest BCUT2D eigenvalue weighted by atomic mass is 19.1. The molecule has 0 bridgehead atoms. The highest BCUT2D eigenvalue weighted by Crippen LogP contribution is 2.45. The van der Waals surface area contributed by atoms with E-state index in [4.69, 9.17) is 24.9 Å². The number of halogens is 1. The first-order valence-electron chi connectivity index (χ1n) is 13.0. The van der Waals surface area contributed by atoms with Gasteiger partial charge in [0.15, 0.2) is 23.0 Å². The van der Waals surface area contributed by atoms with Crippen LogP contribution in [-0.2, 0) is 11.1 Å². The monoisotopic (exact) mass is 538 g/mol. The number of fused-ring (bicyclic) bond motifs is 1. The summed E-state index contributed by atoms with van der Waals surface area (Å²) in [4.78, 5) is 17.8. The second kappa shape index (κ2) is 11.3. The summed E-state index contributed by atoms with van der Waals surface area (Å²) in [6, 6.07) is 12.5. The Hall–Kier alpha value is -3.53. The van der Waals surface area contributed by atoms with E-state index in [1.807, 2.05) is 6.92 Å². The minimum atomic E-state index is -1.47. The fraction of sp³-hybridized carbons (Fsp3) is 0.400. The molecule has 0 aliphatic carbocycles. The zero-order valence-corrected chi connectivity index (χ0v) is 22.7. The van der Waals surface area contributed by atoms with Crippen molar-refractivity contribution in [2.24, 2.45) is 5.73 Å². The van der Waals surface area contributed by atoms with Gasteiger partial charge in [0.25, 0.3) is 0 Å². The summed E-state index contributed by atoms with van der Waals surface area (Å²) in [5, 5.41) is 21.0. The molecule has 2 aromatic carbocycles. The number of hydrogen-bond donors (Lipinski definition) is 3. The number of aliphatic hydroxyl groups excluding tert-OH is 1. The SMILES string of the molecule is CC[C@@]1(N)COc2c1cc([C@@](C)(O)CCC(=O)c1ccc(OC[C@@H](C)O)c(OC)c1)nc2-c1ccc(F)cc1. The molecule has 0 unspecified atom stereocenters. The molecule has 2 heterocycles. The molecule has 8 nitrogen and oxygen atoms in total. The smallest absolute Gasteiger partial charge is 0.163 e. The number of carbonyl (C=O) groups is 1. The van der Waals surface area contributed by atoms with E-state index in [0.717, 1.165) is 5.56 Å². The van der Waals surface area contributed by atoms with Gasteiger partial charge in [-0.15, -0.1) is 0 Å². The normalized spacial score (nSPS) is 18.6. The zero-order chi connectivity index (χ0) is 28.4. The van der Waals surface area contributed by atoms with Crippen molar-refractivity contribution in [3.8, 4) is 28.5 Å². The van der Waals surface area contributed by atoms with Crippen LogP contribution in [-0.4, -0.2) is 47.4 Å². The van der Waals surface area contributed by atoms with Crippen molar-refractivity contribution >= 4 is 5.78 Å². The number of nitrogens with zero attached hydrogens (tertiary/aromatic N) is 1. The van der Waals surface area contributed by atoms with Crippen molar-refractivity contribution < 1.29 is 33.6 Å². The number of nitrogens with two attached hydrogens (primary N) is 1. The molecule has 39 heavy (non-hydrogen) atoms. The maximum absolute atomic E-state index is 13.6. The van der Waals surface area contributed by atoms with E-state index in [1.54, 1.807) is 50.2 Å². The van der Waals surface area contributed by atoms with Gasteiger partial charge in [-0.1, -0.05) is 6.92 Å². The second-order valence-electron chi connectivity index (χ2n) is 10.3. The molecule has 0 fully saturated rings. The Labute approximate surface area is 227 Å². The molecular formula is C30H35FN2O6. The number of aromatic nitrogens is 1. The second-order valence-corrected chi connectivity index (χ2v) is 10.3. The van der Waals surface area contributed by atoms with Gasteiger partial charge in [0.1, 0.15) is 30.3 Å². The van der Waals surface area contributed by atoms with Crippen molar-refractivity contribution in [2.45, 2.75) is 57.3 Å². The lowest BCUT2D eigenvalue weighted by atomic mass is 9.86. The van der Waals surface area contributed by atoms with E-state index in [-0.39, 0.29) is 37.7 Å². The molecule has 1 aromatic heterocycles. The molecule has 0 radical (unpaired) electrons. The van der Waals surface area contributed by atoms with Gasteiger partial charge in [0.05, 0.1) is 24.4 Å². The third-order valence-electron chi connectivity index (χ3n) is 7.09. The summed E-state index contributed by atoms with van der Waals surface area (Å²) < 4.78 is 30.5. The quantitative estimate of drug-likeness (QED) is 0.305. The minimum absolute atomic E-state index is 0.0344. The zero-order valence-electron chi connectivity index (χ0n) is 22.7. The van der Waals surface area contributed by atoms with Crippen molar-refractivity contribution in [2.75, 3.05) is 20.3 Å². The molecule has 3 aromatic rings. The fourth-order valence-corrected chi connectivity index (χ4v) is 4.50. The van der Waals surface area contributed by atoms with Gasteiger partial charge in [-0.25, -0.2) is 9.37 Å². The van der Waals surface area contributed by atoms with Crippen LogP contribution in [0.15, 0.2) is 48.5 Å². The Balaban J connectivity index is 1.60. The Bertz CT molecular complexity index is 1340. The van der Waals surface area contributed by atoms with Crippen LogP contribution in [0.1, 0.15) is 61.6 Å². The Kier molecular flexibility index (Phi) is 8.25. The molecule has 1 aliphatic heterocycles. The highest BCUT2D eigenvalue weighted by molar-refractivity contribution is 5.96. The van der Waals surface area contributed by atoms with Crippen LogP contribution in [0.5, 0.6) is 17.2 Å². The molecule has 0 saturated heterocycles. The van der Waals surface area contributed by atoms with Crippen molar-refractivity contribution in [3.05, 3.63) is 71.2 Å². The Morgan fingerprint density at radius 2 is 1.95 bits per heavy atom. The molecule has 1 aliphatic rings. The van der Waals surface area contributed by atoms with E-state index in [2.05, 4.69) is 0 Å². The minimum Gasteiger partial charge on any atom is -0.493 e. The predicted molar refractivity (Wildman–Crippen MR) is 145 cm³/mol. The summed E-state index contributed by atoms with van der Waals surface area (Å²) in [6.07, 6.45) is 0.0782. The number of carbonyl (C=O) groups excluding carboxylic acids is 1. The van der Waals surface area contributed by atoms with Gasteiger partial charge in [-0.3, -0.25) is 4.79 Å². The van der Waals surface area contributed by atoms with Crippen LogP contribution in [0.4, 0.5) is 4.39 Å². The number of hydrogen-bond acceptors (Lipinski definition) is 8. The van der Waals surface area contributed by atoms with Gasteiger partial charge >= 0.3 is 0 Å². The van der Waals surface area contributed by atoms with Crippen LogP contribution in [0.3, 0.4) is 0 Å². The number of Topliss-reactive ketones (excluding diaryl/α,β-unsaturated/α-hetero) is 1. The maximum Gasteiger partial charge on any atom is 0.163 e. The third-order valence-corrected chi connectivity index (χ3v) is 7.09. The van der Waals surface area contributed by atoms with Gasteiger partial charge in [-0.05, 0) is 75.2 Å². The topological polar surface area (TPSA) is 124 Å². The van der Waals surface area contributed by atoms with Crippen LogP contribution in [0.2, 0.25) is 0 Å². The first-order chi connectivity index (χ1) is 18.5. The van der Waals surface area contributed by atoms with Gasteiger partial charge in [0, 0.05) is 23.1 Å². The standard InChI is InChI=1S/C30H35FN2O6/c1-5-30(32)17-39-28-22(30)15-26(33-27(28)19-6-9-21(31)10-7-19)29(3,36)13-12-23(35)20-8-11-24(25(14-20)37-4)38-16-18(2)34/h6-11,14-15,18,34,36H,5,12-13,16-17,32H2,1-4H3/t18-,29+,30-/m1/s1. The Morgan fingerprint density at radius 1 is 1.23 bits per heavy atom. The van der Waals surface area contributed by atoms with Crippen LogP contribution in [0, 0.1) is 5.82 Å². The van der Waals surface area contributed by atoms with E-state index in [9.17, 15) is 19.4 Å². The summed E-state index contributed by atoms with van der Waals surface area (Å²) in [5.41, 5.74) is 6.98. The maximum atomic E-state index is 13.6. The average molecular weight is 539 g/mol. The van der Waals surface area contributed by atoms with Crippen molar-refractivity contribution in [3.63, 3.8) is 0 Å². The van der Waals surface area contributed by atoms with Gasteiger partial charge in [0.2, 0.25) is 0 Å². The predicted octanol–water partition coefficient (Wildman–Crippen LogP) is 4.48. The number of pyridine rings is 1. The Morgan fingerprint density at radius 3 is 2.59 bits per heavy atom. The summed E-state index contributed by atoms with van der Waals surface area (Å²) >= 11 is 0. The van der Waals surface area contributed by atoms with Crippen molar-refractivity contribution in [1.82, 2.24) is 4.98 Å². The molecular weight excluding hydrogens is 503 g/mol. The highest BCUT2D eigenvalue weighted by Gasteiger charge is 2.40. The van der Waals surface area contributed by atoms with Crippen molar-refractivity contribution in [1.29, 1.82) is 0 Å². The average Bonchev–Trinajstić information content (AvgIpc) is 3.27. The van der Waals surface area contributed by atoms with Crippen LogP contribution < -0.4 is 19.9 Å². The number of aliphatic hydroxyl groups is 2. The molecule has 0 amide bonds. The fourth-order valence-electron chi connectivity index (χ4n) is 4.50. The van der Waals surface area contributed by atoms with Gasteiger partial charge < -0.3 is 30.2 Å². The number of rotatable bonds is 11. The summed E-state index contributed by atoms with van der Waals surface area (Å²) in [5.74, 6) is 0.739. The largest absolute Gasteiger partial charge is 0.493 e. The summed E-state index contributed by atoms with van der Waals surface area (Å²) in [6.45, 7) is 5.53. The molecule has 0 saturated carbocycles. The molecule has 208 valence electrons. The molecule has 4 rings (SSSR count).